The van der Waals surface area contributed by atoms with Crippen molar-refractivity contribution in [2.45, 2.75) is 13.5 Å². The van der Waals surface area contributed by atoms with E-state index in [1.165, 1.54) is 12.1 Å². The van der Waals surface area contributed by atoms with Gasteiger partial charge in [-0.2, -0.15) is 0 Å². The summed E-state index contributed by atoms with van der Waals surface area (Å²) in [5, 5.41) is 4.40. The van der Waals surface area contributed by atoms with Crippen LogP contribution in [-0.2, 0) is 6.54 Å². The van der Waals surface area contributed by atoms with Gasteiger partial charge in [0.25, 0.3) is 0 Å². The molecule has 0 aliphatic rings. The van der Waals surface area contributed by atoms with Crippen molar-refractivity contribution >= 4 is 16.7 Å². The van der Waals surface area contributed by atoms with Gasteiger partial charge in [-0.1, -0.05) is 30.3 Å². The summed E-state index contributed by atoms with van der Waals surface area (Å²) >= 11 is 0. The van der Waals surface area contributed by atoms with Gasteiger partial charge in [-0.05, 0) is 42.3 Å². The molecule has 0 bridgehead atoms. The van der Waals surface area contributed by atoms with E-state index >= 15 is 0 Å². The van der Waals surface area contributed by atoms with E-state index in [4.69, 9.17) is 0 Å². The maximum Gasteiger partial charge on any atom is 0.129 e. The van der Waals surface area contributed by atoms with Crippen LogP contribution in [-0.4, -0.2) is 4.98 Å². The zero-order chi connectivity index (χ0) is 13.9. The maximum atomic E-state index is 13.1. The Kier molecular flexibility index (Phi) is 3.33. The first kappa shape index (κ1) is 12.6. The lowest BCUT2D eigenvalue weighted by Gasteiger charge is -2.10. The van der Waals surface area contributed by atoms with Gasteiger partial charge in [0.15, 0.2) is 0 Å². The van der Waals surface area contributed by atoms with E-state index in [0.29, 0.717) is 6.54 Å². The minimum absolute atomic E-state index is 0.215. The molecule has 2 nitrogen and oxygen atoms in total. The van der Waals surface area contributed by atoms with Gasteiger partial charge >= 0.3 is 0 Å². The molecule has 20 heavy (non-hydrogen) atoms. The Morgan fingerprint density at radius 3 is 2.75 bits per heavy atom. The van der Waals surface area contributed by atoms with Gasteiger partial charge < -0.3 is 5.32 Å². The normalized spacial score (nSPS) is 10.7. The molecular formula is C17H15FN2. The summed E-state index contributed by atoms with van der Waals surface area (Å²) in [4.78, 5) is 4.61. The zero-order valence-corrected chi connectivity index (χ0v) is 11.2. The molecule has 0 saturated carbocycles. The van der Waals surface area contributed by atoms with Crippen LogP contribution in [0.4, 0.5) is 10.2 Å². The number of benzene rings is 2. The summed E-state index contributed by atoms with van der Waals surface area (Å²) in [5.74, 6) is 0.625. The van der Waals surface area contributed by atoms with Crippen LogP contribution in [0.5, 0.6) is 0 Å². The first-order valence-electron chi connectivity index (χ1n) is 6.57. The van der Waals surface area contributed by atoms with E-state index in [1.807, 2.05) is 37.3 Å². The molecule has 1 heterocycles. The van der Waals surface area contributed by atoms with Gasteiger partial charge in [-0.25, -0.2) is 9.37 Å². The summed E-state index contributed by atoms with van der Waals surface area (Å²) in [7, 11) is 0. The fraction of sp³-hybridized carbons (Fsp3) is 0.118. The van der Waals surface area contributed by atoms with Crippen LogP contribution in [0.1, 0.15) is 11.1 Å². The van der Waals surface area contributed by atoms with E-state index in [0.717, 1.165) is 27.8 Å². The molecule has 1 aromatic heterocycles. The van der Waals surface area contributed by atoms with Crippen molar-refractivity contribution in [1.82, 2.24) is 4.98 Å². The molecule has 0 atom stereocenters. The van der Waals surface area contributed by atoms with Crippen LogP contribution >= 0.6 is 0 Å². The smallest absolute Gasteiger partial charge is 0.129 e. The van der Waals surface area contributed by atoms with Crippen molar-refractivity contribution in [3.63, 3.8) is 0 Å². The van der Waals surface area contributed by atoms with Crippen LogP contribution in [0.2, 0.25) is 0 Å². The number of nitrogens with zero attached hydrogens (tertiary/aromatic N) is 1. The van der Waals surface area contributed by atoms with E-state index in [9.17, 15) is 4.39 Å². The molecule has 0 aliphatic heterocycles. The van der Waals surface area contributed by atoms with Crippen LogP contribution in [0.15, 0.2) is 54.6 Å². The van der Waals surface area contributed by atoms with Crippen molar-refractivity contribution < 1.29 is 4.39 Å². The van der Waals surface area contributed by atoms with Gasteiger partial charge in [0.2, 0.25) is 0 Å². The largest absolute Gasteiger partial charge is 0.366 e. The number of fused-ring (bicyclic) bond motifs is 1. The van der Waals surface area contributed by atoms with Crippen molar-refractivity contribution in [3.8, 4) is 0 Å². The molecule has 0 radical (unpaired) electrons. The first-order chi connectivity index (χ1) is 9.72. The molecule has 0 unspecified atom stereocenters. The van der Waals surface area contributed by atoms with E-state index in [1.54, 1.807) is 6.07 Å². The van der Waals surface area contributed by atoms with Crippen LogP contribution < -0.4 is 5.32 Å². The summed E-state index contributed by atoms with van der Waals surface area (Å²) < 4.78 is 13.1. The summed E-state index contributed by atoms with van der Waals surface area (Å²) in [6.07, 6.45) is 0. The topological polar surface area (TPSA) is 24.9 Å². The third kappa shape index (κ3) is 2.62. The number of hydrogen-bond donors (Lipinski definition) is 1. The lowest BCUT2D eigenvalue weighted by atomic mass is 10.1. The van der Waals surface area contributed by atoms with Crippen LogP contribution in [0.3, 0.4) is 0 Å². The number of pyridine rings is 1. The van der Waals surface area contributed by atoms with Gasteiger partial charge in [0.1, 0.15) is 11.6 Å². The Bertz CT molecular complexity index is 753. The Hall–Kier alpha value is -2.42. The molecule has 0 spiro atoms. The highest BCUT2D eigenvalue weighted by atomic mass is 19.1. The quantitative estimate of drug-likeness (QED) is 0.764. The van der Waals surface area contributed by atoms with Crippen molar-refractivity contribution in [2.24, 2.45) is 0 Å². The molecule has 100 valence electrons. The molecule has 0 fully saturated rings. The highest BCUT2D eigenvalue weighted by molar-refractivity contribution is 5.81. The number of para-hydroxylation sites is 1. The number of nitrogens with one attached hydrogen (secondary N) is 1. The molecule has 2 aromatic carbocycles. The molecule has 3 aromatic rings. The van der Waals surface area contributed by atoms with E-state index < -0.39 is 0 Å². The van der Waals surface area contributed by atoms with E-state index in [-0.39, 0.29) is 5.82 Å². The highest BCUT2D eigenvalue weighted by Gasteiger charge is 2.03. The number of hydrogen-bond acceptors (Lipinski definition) is 2. The summed E-state index contributed by atoms with van der Waals surface area (Å²) in [6, 6.07) is 16.7. The van der Waals surface area contributed by atoms with Crippen molar-refractivity contribution in [3.05, 3.63) is 71.5 Å². The number of halogens is 1. The van der Waals surface area contributed by atoms with Gasteiger partial charge in [-0.3, -0.25) is 0 Å². The summed E-state index contributed by atoms with van der Waals surface area (Å²) in [6.45, 7) is 2.58. The molecule has 1 N–H and O–H groups in total. The minimum atomic E-state index is -0.215. The second-order valence-electron chi connectivity index (χ2n) is 4.83. The fourth-order valence-corrected chi connectivity index (χ4v) is 2.23. The molecule has 3 heteroatoms. The van der Waals surface area contributed by atoms with Gasteiger partial charge in [-0.15, -0.1) is 0 Å². The number of rotatable bonds is 3. The van der Waals surface area contributed by atoms with Crippen molar-refractivity contribution in [1.29, 1.82) is 0 Å². The predicted octanol–water partition coefficient (Wildman–Crippen LogP) is 4.29. The second-order valence-corrected chi connectivity index (χ2v) is 4.83. The molecule has 0 saturated heterocycles. The molecular weight excluding hydrogens is 251 g/mol. The summed E-state index contributed by atoms with van der Waals surface area (Å²) in [5.41, 5.74) is 2.94. The third-order valence-electron chi connectivity index (χ3n) is 3.26. The minimum Gasteiger partial charge on any atom is -0.366 e. The fourth-order valence-electron chi connectivity index (χ4n) is 2.23. The SMILES string of the molecule is Cc1cc2ccccc2nc1NCc1cccc(F)c1. The average molecular weight is 266 g/mol. The van der Waals surface area contributed by atoms with Gasteiger partial charge in [0.05, 0.1) is 5.52 Å². The number of aromatic nitrogens is 1. The monoisotopic (exact) mass is 266 g/mol. The van der Waals surface area contributed by atoms with Crippen molar-refractivity contribution in [2.75, 3.05) is 5.32 Å². The highest BCUT2D eigenvalue weighted by Crippen LogP contribution is 2.20. The molecule has 0 aliphatic carbocycles. The predicted molar refractivity (Wildman–Crippen MR) is 80.2 cm³/mol. The van der Waals surface area contributed by atoms with E-state index in [2.05, 4.69) is 16.4 Å². The number of anilines is 1. The Morgan fingerprint density at radius 1 is 1.05 bits per heavy atom. The zero-order valence-electron chi connectivity index (χ0n) is 11.2. The Labute approximate surface area is 117 Å². The maximum absolute atomic E-state index is 13.1. The second kappa shape index (κ2) is 5.29. The molecule has 0 amide bonds. The van der Waals surface area contributed by atoms with Gasteiger partial charge in [0, 0.05) is 11.9 Å². The van der Waals surface area contributed by atoms with Crippen LogP contribution in [0.25, 0.3) is 10.9 Å². The number of aryl methyl sites for hydroxylation is 1. The Morgan fingerprint density at radius 2 is 1.90 bits per heavy atom. The Balaban J connectivity index is 1.85. The van der Waals surface area contributed by atoms with Crippen LogP contribution in [0, 0.1) is 12.7 Å². The third-order valence-corrected chi connectivity index (χ3v) is 3.26. The standard InChI is InChI=1S/C17H15FN2/c1-12-9-14-6-2-3-8-16(14)20-17(12)19-11-13-5-4-7-15(18)10-13/h2-10H,11H2,1H3,(H,19,20). The molecule has 3 rings (SSSR count). The lowest BCUT2D eigenvalue weighted by Crippen LogP contribution is -2.03. The average Bonchev–Trinajstić information content (AvgIpc) is 2.45. The first-order valence-corrected chi connectivity index (χ1v) is 6.57. The lowest BCUT2D eigenvalue weighted by molar-refractivity contribution is 0.626.